The second kappa shape index (κ2) is 10.7. The van der Waals surface area contributed by atoms with Crippen molar-refractivity contribution < 1.29 is 18.3 Å². The number of benzene rings is 2. The molecule has 1 saturated carbocycles. The van der Waals surface area contributed by atoms with Crippen LogP contribution in [0.1, 0.15) is 73.6 Å². The van der Waals surface area contributed by atoms with Crippen molar-refractivity contribution in [3.63, 3.8) is 0 Å². The highest BCUT2D eigenvalue weighted by molar-refractivity contribution is 5.73. The van der Waals surface area contributed by atoms with E-state index in [2.05, 4.69) is 6.58 Å². The molecular weight excluding hydrogens is 394 g/mol. The molecule has 1 aliphatic rings. The van der Waals surface area contributed by atoms with E-state index in [0.717, 1.165) is 66.3 Å². The molecule has 2 nitrogen and oxygen atoms in total. The lowest BCUT2D eigenvalue weighted by molar-refractivity contribution is -0.143. The van der Waals surface area contributed by atoms with E-state index in [0.29, 0.717) is 18.6 Å². The molecule has 2 aromatic rings. The zero-order valence-electron chi connectivity index (χ0n) is 18.6. The van der Waals surface area contributed by atoms with Gasteiger partial charge < -0.3 is 4.74 Å². The number of aryl methyl sites for hydroxylation is 3. The first-order valence-corrected chi connectivity index (χ1v) is 11.3. The summed E-state index contributed by atoms with van der Waals surface area (Å²) in [6.07, 6.45) is 7.94. The molecule has 1 aliphatic carbocycles. The molecule has 0 N–H and O–H groups in total. The Bertz CT molecular complexity index is 945. The molecule has 31 heavy (non-hydrogen) atoms. The van der Waals surface area contributed by atoms with Gasteiger partial charge in [-0.3, -0.25) is 4.79 Å². The number of hydrogen-bond acceptors (Lipinski definition) is 2. The Morgan fingerprint density at radius 2 is 1.90 bits per heavy atom. The molecule has 0 unspecified atom stereocenters. The number of hydrogen-bond donors (Lipinski definition) is 0. The van der Waals surface area contributed by atoms with Crippen LogP contribution in [-0.2, 0) is 22.4 Å². The Morgan fingerprint density at radius 1 is 1.13 bits per heavy atom. The van der Waals surface area contributed by atoms with E-state index in [1.807, 2.05) is 25.1 Å². The number of carbonyl (C=O) groups is 1. The highest BCUT2D eigenvalue weighted by Gasteiger charge is 2.29. The summed E-state index contributed by atoms with van der Waals surface area (Å²) < 4.78 is 34.5. The molecule has 4 heteroatoms. The normalized spacial score (nSPS) is 13.3. The molecule has 0 radical (unpaired) electrons. The van der Waals surface area contributed by atoms with Gasteiger partial charge in [-0.05, 0) is 122 Å². The third kappa shape index (κ3) is 6.03. The molecule has 0 aromatic heterocycles. The van der Waals surface area contributed by atoms with Crippen LogP contribution in [0, 0.1) is 18.6 Å². The molecule has 0 atom stereocenters. The van der Waals surface area contributed by atoms with E-state index in [9.17, 15) is 9.18 Å². The topological polar surface area (TPSA) is 26.3 Å². The maximum Gasteiger partial charge on any atom is 0.306 e. The lowest BCUT2D eigenvalue weighted by Crippen LogP contribution is -2.07. The van der Waals surface area contributed by atoms with Crippen LogP contribution < -0.4 is 0 Å². The van der Waals surface area contributed by atoms with Gasteiger partial charge in [0, 0.05) is 6.42 Å². The number of unbranched alkanes of at least 4 members (excludes halogenated alkanes) is 2. The van der Waals surface area contributed by atoms with Gasteiger partial charge in [0.2, 0.25) is 0 Å². The summed E-state index contributed by atoms with van der Waals surface area (Å²) in [5, 5.41) is 0. The van der Waals surface area contributed by atoms with Crippen LogP contribution in [0.2, 0.25) is 0 Å². The van der Waals surface area contributed by atoms with Crippen molar-refractivity contribution in [1.82, 2.24) is 0 Å². The first-order chi connectivity index (χ1) is 14.9. The second-order valence-corrected chi connectivity index (χ2v) is 8.41. The predicted octanol–water partition coefficient (Wildman–Crippen LogP) is 7.21. The largest absolute Gasteiger partial charge is 0.466 e. The van der Waals surface area contributed by atoms with E-state index in [-0.39, 0.29) is 29.9 Å². The van der Waals surface area contributed by atoms with Crippen LogP contribution in [0.25, 0.3) is 11.1 Å². The standard InChI is InChI=1S/C27H32F2O2/c1-4-6-7-8-9-20-16-23(28)14-18(3)26(20)22-15-21(12-13-25(30)31-5-2)27(29)24(17-22)19-10-11-19/h4,14-17,19H,1,5-13H2,2-3H3. The van der Waals surface area contributed by atoms with Crippen molar-refractivity contribution in [2.75, 3.05) is 6.61 Å². The van der Waals surface area contributed by atoms with Crippen LogP contribution in [0.3, 0.4) is 0 Å². The van der Waals surface area contributed by atoms with Gasteiger partial charge in [0.15, 0.2) is 0 Å². The fourth-order valence-corrected chi connectivity index (χ4v) is 4.22. The van der Waals surface area contributed by atoms with Crippen molar-refractivity contribution >= 4 is 5.97 Å². The summed E-state index contributed by atoms with van der Waals surface area (Å²) in [6.45, 7) is 7.75. The van der Waals surface area contributed by atoms with Gasteiger partial charge in [-0.1, -0.05) is 6.08 Å². The van der Waals surface area contributed by atoms with Crippen LogP contribution in [-0.4, -0.2) is 12.6 Å². The van der Waals surface area contributed by atoms with Gasteiger partial charge in [-0.25, -0.2) is 8.78 Å². The summed E-state index contributed by atoms with van der Waals surface area (Å²) in [5.74, 6) is -0.533. The number of ether oxygens (including phenoxy) is 1. The van der Waals surface area contributed by atoms with Crippen molar-refractivity contribution in [1.29, 1.82) is 0 Å². The van der Waals surface area contributed by atoms with E-state index in [1.165, 1.54) is 0 Å². The van der Waals surface area contributed by atoms with Gasteiger partial charge >= 0.3 is 5.97 Å². The Kier molecular flexibility index (Phi) is 8.00. The van der Waals surface area contributed by atoms with Crippen molar-refractivity contribution in [3.05, 3.63) is 70.8 Å². The lowest BCUT2D eigenvalue weighted by atomic mass is 9.88. The van der Waals surface area contributed by atoms with Gasteiger partial charge in [-0.2, -0.15) is 0 Å². The molecule has 0 saturated heterocycles. The third-order valence-electron chi connectivity index (χ3n) is 5.87. The van der Waals surface area contributed by atoms with Crippen LogP contribution >= 0.6 is 0 Å². The number of carbonyl (C=O) groups excluding carboxylic acids is 1. The molecule has 166 valence electrons. The van der Waals surface area contributed by atoms with Gasteiger partial charge in [0.05, 0.1) is 6.61 Å². The Morgan fingerprint density at radius 3 is 2.58 bits per heavy atom. The number of esters is 1. The molecule has 2 aromatic carbocycles. The quantitative estimate of drug-likeness (QED) is 0.215. The number of allylic oxidation sites excluding steroid dienone is 1. The molecular formula is C27H32F2O2. The summed E-state index contributed by atoms with van der Waals surface area (Å²) in [6, 6.07) is 6.93. The number of halogens is 2. The zero-order valence-corrected chi connectivity index (χ0v) is 18.6. The smallest absolute Gasteiger partial charge is 0.306 e. The second-order valence-electron chi connectivity index (χ2n) is 8.41. The first-order valence-electron chi connectivity index (χ1n) is 11.3. The highest BCUT2D eigenvalue weighted by atomic mass is 19.1. The Balaban J connectivity index is 1.99. The minimum Gasteiger partial charge on any atom is -0.466 e. The van der Waals surface area contributed by atoms with Gasteiger partial charge in [0.25, 0.3) is 0 Å². The molecule has 0 aliphatic heterocycles. The monoisotopic (exact) mass is 426 g/mol. The van der Waals surface area contributed by atoms with Crippen LogP contribution in [0.4, 0.5) is 8.78 Å². The van der Waals surface area contributed by atoms with E-state index >= 15 is 4.39 Å². The maximum atomic E-state index is 15.2. The average molecular weight is 427 g/mol. The maximum absolute atomic E-state index is 15.2. The fraction of sp³-hybridized carbons (Fsp3) is 0.444. The summed E-state index contributed by atoms with van der Waals surface area (Å²) in [7, 11) is 0. The lowest BCUT2D eigenvalue weighted by Gasteiger charge is -2.17. The molecule has 3 rings (SSSR count). The average Bonchev–Trinajstić information content (AvgIpc) is 3.56. The molecule has 1 fully saturated rings. The molecule has 0 bridgehead atoms. The molecule has 0 heterocycles. The van der Waals surface area contributed by atoms with E-state index < -0.39 is 0 Å². The van der Waals surface area contributed by atoms with Crippen molar-refractivity contribution in [3.8, 4) is 11.1 Å². The Labute approximate surface area is 184 Å². The molecule has 0 spiro atoms. The van der Waals surface area contributed by atoms with E-state index in [4.69, 9.17) is 4.74 Å². The minimum absolute atomic E-state index is 0.148. The van der Waals surface area contributed by atoms with Crippen LogP contribution in [0.15, 0.2) is 36.9 Å². The predicted molar refractivity (Wildman–Crippen MR) is 121 cm³/mol. The SMILES string of the molecule is C=CCCCCc1cc(F)cc(C)c1-c1cc(CCC(=O)OCC)c(F)c(C2CC2)c1. The third-order valence-corrected chi connectivity index (χ3v) is 5.87. The van der Waals surface area contributed by atoms with Crippen molar-refractivity contribution in [2.45, 2.75) is 71.1 Å². The number of rotatable bonds is 11. The first kappa shape index (κ1) is 23.2. The summed E-state index contributed by atoms with van der Waals surface area (Å²) in [5.41, 5.74) is 4.96. The fourth-order valence-electron chi connectivity index (χ4n) is 4.22. The summed E-state index contributed by atoms with van der Waals surface area (Å²) in [4.78, 5) is 11.8. The van der Waals surface area contributed by atoms with Gasteiger partial charge in [-0.15, -0.1) is 6.58 Å². The van der Waals surface area contributed by atoms with E-state index in [1.54, 1.807) is 19.1 Å². The summed E-state index contributed by atoms with van der Waals surface area (Å²) >= 11 is 0. The minimum atomic E-state index is -0.318. The molecule has 0 amide bonds. The van der Waals surface area contributed by atoms with Crippen LogP contribution in [0.5, 0.6) is 0 Å². The van der Waals surface area contributed by atoms with Crippen molar-refractivity contribution in [2.24, 2.45) is 0 Å². The zero-order chi connectivity index (χ0) is 22.4. The highest BCUT2D eigenvalue weighted by Crippen LogP contribution is 2.44. The van der Waals surface area contributed by atoms with Gasteiger partial charge in [0.1, 0.15) is 11.6 Å². The Hall–Kier alpha value is -2.49.